The van der Waals surface area contributed by atoms with Crippen LogP contribution in [0, 0.1) is 0 Å². The number of hydrogen-bond donors (Lipinski definition) is 12. The zero-order valence-electron chi connectivity index (χ0n) is 40.7. The summed E-state index contributed by atoms with van der Waals surface area (Å²) < 4.78 is 22.2. The van der Waals surface area contributed by atoms with Crippen LogP contribution in [0.5, 0.6) is 11.5 Å². The molecule has 8 rings (SSSR count). The van der Waals surface area contributed by atoms with Gasteiger partial charge in [-0.05, 0) is 135 Å². The maximum atomic E-state index is 10.3. The second-order valence-electron chi connectivity index (χ2n) is 17.7. The van der Waals surface area contributed by atoms with Gasteiger partial charge < -0.3 is 86.1 Å². The van der Waals surface area contributed by atoms with Crippen LogP contribution in [0.25, 0.3) is 0 Å². The smallest absolute Gasteiger partial charge is 0.320 e. The van der Waals surface area contributed by atoms with Crippen molar-refractivity contribution in [3.63, 3.8) is 0 Å². The molecule has 412 valence electrons. The number of carboxylic acid groups (broad SMARTS) is 2. The van der Waals surface area contributed by atoms with Crippen molar-refractivity contribution in [3.8, 4) is 11.5 Å². The van der Waals surface area contributed by atoms with Gasteiger partial charge in [-0.1, -0.05) is 79.2 Å². The van der Waals surface area contributed by atoms with Crippen LogP contribution in [-0.2, 0) is 31.9 Å². The summed E-state index contributed by atoms with van der Waals surface area (Å²) in [6.07, 6.45) is -7.21. The van der Waals surface area contributed by atoms with Gasteiger partial charge in [0, 0.05) is 10.0 Å². The summed E-state index contributed by atoms with van der Waals surface area (Å²) in [4.78, 5) is 20.3. The fourth-order valence-corrected chi connectivity index (χ4v) is 8.91. The van der Waals surface area contributed by atoms with Crippen LogP contribution >= 0.6 is 23.2 Å². The van der Waals surface area contributed by atoms with Crippen molar-refractivity contribution in [1.82, 2.24) is 10.6 Å². The third-order valence-corrected chi connectivity index (χ3v) is 13.3. The van der Waals surface area contributed by atoms with Gasteiger partial charge in [-0.15, -0.1) is 0 Å². The monoisotopic (exact) mass is 1080 g/mol. The lowest BCUT2D eigenvalue weighted by Gasteiger charge is -2.40. The van der Waals surface area contributed by atoms with Crippen molar-refractivity contribution in [2.45, 2.75) is 133 Å². The minimum absolute atomic E-state index is 0. The van der Waals surface area contributed by atoms with Crippen molar-refractivity contribution < 1.29 is 85.1 Å². The van der Waals surface area contributed by atoms with Gasteiger partial charge in [0.15, 0.2) is 0 Å². The van der Waals surface area contributed by atoms with Crippen molar-refractivity contribution in [1.29, 1.82) is 0 Å². The Morgan fingerprint density at radius 3 is 1.19 bits per heavy atom. The average molecular weight is 1080 g/mol. The molecule has 4 aliphatic heterocycles. The topological polar surface area (TPSA) is 329 Å². The zero-order chi connectivity index (χ0) is 52.5. The van der Waals surface area contributed by atoms with Gasteiger partial charge >= 0.3 is 11.9 Å². The molecule has 12 atom stereocenters. The first-order valence-electron chi connectivity index (χ1n) is 24.0. The Hall–Kier alpha value is -4.52. The Labute approximate surface area is 441 Å². The van der Waals surface area contributed by atoms with Gasteiger partial charge in [-0.25, -0.2) is 0 Å². The molecule has 74 heavy (non-hydrogen) atoms. The van der Waals surface area contributed by atoms with E-state index >= 15 is 0 Å². The van der Waals surface area contributed by atoms with Crippen LogP contribution < -0.4 is 20.1 Å². The molecule has 4 aromatic rings. The minimum Gasteiger partial charge on any atom is -0.494 e. The second kappa shape index (κ2) is 31.5. The van der Waals surface area contributed by atoms with E-state index in [0.29, 0.717) is 47.2 Å². The zero-order valence-corrected chi connectivity index (χ0v) is 42.2. The Kier molecular flexibility index (Phi) is 27.2. The lowest BCUT2D eigenvalue weighted by atomic mass is 9.90. The summed E-state index contributed by atoms with van der Waals surface area (Å²) >= 11 is 12.7. The van der Waals surface area contributed by atoms with Gasteiger partial charge in [0.1, 0.15) is 84.6 Å². The highest BCUT2D eigenvalue weighted by Crippen LogP contribution is 2.36. The Morgan fingerprint density at radius 2 is 0.919 bits per heavy atom. The maximum absolute atomic E-state index is 10.3. The Morgan fingerprint density at radius 1 is 0.568 bits per heavy atom. The highest BCUT2D eigenvalue weighted by Gasteiger charge is 2.45. The van der Waals surface area contributed by atoms with Gasteiger partial charge in [-0.2, -0.15) is 0 Å². The lowest BCUT2D eigenvalue weighted by Crippen LogP contribution is -2.55. The molecule has 0 aliphatic carbocycles. The number of halogens is 2. The molecule has 0 unspecified atom stereocenters. The number of benzene rings is 4. The Bertz CT molecular complexity index is 2120. The van der Waals surface area contributed by atoms with Crippen molar-refractivity contribution in [2.24, 2.45) is 0 Å². The van der Waals surface area contributed by atoms with E-state index in [1.54, 1.807) is 24.3 Å². The van der Waals surface area contributed by atoms with Crippen LogP contribution in [0.15, 0.2) is 84.9 Å². The molecule has 4 aromatic carbocycles. The maximum Gasteiger partial charge on any atom is 0.320 e. The summed E-state index contributed by atoms with van der Waals surface area (Å²) in [5.41, 5.74) is 4.97. The molecule has 0 spiro atoms. The molecule has 4 aliphatic rings. The van der Waals surface area contributed by atoms with Crippen molar-refractivity contribution in [3.05, 3.63) is 128 Å². The highest BCUT2D eigenvalue weighted by molar-refractivity contribution is 6.31. The number of ether oxygens (including phenoxy) is 4. The van der Waals surface area contributed by atoms with Gasteiger partial charge in [0.2, 0.25) is 0 Å². The molecule has 0 amide bonds. The first-order valence-corrected chi connectivity index (χ1v) is 24.8. The number of rotatable bonds is 14. The van der Waals surface area contributed by atoms with Crippen LogP contribution in [0.1, 0.15) is 92.5 Å². The third kappa shape index (κ3) is 17.8. The van der Waals surface area contributed by atoms with Crippen molar-refractivity contribution >= 4 is 35.1 Å². The van der Waals surface area contributed by atoms with Crippen LogP contribution in [0.3, 0.4) is 0 Å². The highest BCUT2D eigenvalue weighted by atomic mass is 35.5. The summed E-state index contributed by atoms with van der Waals surface area (Å²) in [7, 11) is 0. The standard InChI is InChI=1S/2C21H25ClO6.2C5H9NO2.CH4.H2O/c2*1-2-27-15-6-3-12(4-7-15)9-14-10-13(5-8-16(14)22)21-20(26)19(25)18(24)17(11-23)28-21;2*7-5(8)4-2-1-3-6-4;;/h2*3-8,10,17-21,23-26H,2,9,11H2,1H3;2*4,6H,1-3H2,(H,7,8);1H4;1H2/t2*17-,18-,19+,20-,21+;2*4-;;/m1100../s1. The first kappa shape index (κ1) is 63.8. The van der Waals surface area contributed by atoms with E-state index in [1.807, 2.05) is 74.5 Å². The van der Waals surface area contributed by atoms with Gasteiger partial charge in [0.25, 0.3) is 0 Å². The molecule has 0 saturated carbocycles. The predicted molar refractivity (Wildman–Crippen MR) is 277 cm³/mol. The largest absolute Gasteiger partial charge is 0.494 e. The molecule has 4 fully saturated rings. The minimum atomic E-state index is -1.42. The Balaban J connectivity index is 0.000000294. The van der Waals surface area contributed by atoms with E-state index in [9.17, 15) is 50.4 Å². The van der Waals surface area contributed by atoms with Gasteiger partial charge in [0.05, 0.1) is 26.4 Å². The molecule has 0 bridgehead atoms. The number of hydrogen-bond acceptors (Lipinski definition) is 16. The van der Waals surface area contributed by atoms with E-state index < -0.39 is 86.2 Å². The number of aliphatic hydroxyl groups is 8. The molecule has 4 saturated heterocycles. The molecule has 0 aromatic heterocycles. The quantitative estimate of drug-likeness (QED) is 0.0863. The van der Waals surface area contributed by atoms with Gasteiger partial charge in [-0.3, -0.25) is 9.59 Å². The second-order valence-corrected chi connectivity index (χ2v) is 18.5. The fourth-order valence-electron chi connectivity index (χ4n) is 8.54. The molecule has 21 heteroatoms. The van der Waals surface area contributed by atoms with E-state index in [0.717, 1.165) is 72.5 Å². The predicted octanol–water partition coefficient (Wildman–Crippen LogP) is 3.15. The molecule has 0 radical (unpaired) electrons. The van der Waals surface area contributed by atoms with E-state index in [2.05, 4.69) is 10.6 Å². The fraction of sp³-hybridized carbons (Fsp3) is 0.509. The summed E-state index contributed by atoms with van der Waals surface area (Å²) in [6.45, 7) is 5.85. The van der Waals surface area contributed by atoms with E-state index in [-0.39, 0.29) is 25.0 Å². The van der Waals surface area contributed by atoms with Crippen LogP contribution in [0.2, 0.25) is 10.0 Å². The molecular formula is C53H74Cl2N2O17. The molecule has 19 nitrogen and oxygen atoms in total. The molecule has 4 heterocycles. The number of carbonyl (C=O) groups is 2. The number of carboxylic acids is 2. The summed E-state index contributed by atoms with van der Waals surface area (Å²) in [6, 6.07) is 25.3. The normalized spacial score (nSPS) is 27.0. The SMILES string of the molecule is C.CCOc1ccc(Cc2cc([C@@H]3O[C@H](CO)[C@@H](O)[C@H](O)[C@H]3O)ccc2Cl)cc1.CCOc1ccc(Cc2cc([C@@H]3O[C@H](CO)[C@@H](O)[C@H](O)[C@H]3O)ccc2Cl)cc1.O.O=C(O)[C@@H]1CCCN1.O=C(O)[C@@H]1CCCN1. The summed E-state index contributed by atoms with van der Waals surface area (Å²) in [5, 5.41) is 103. The van der Waals surface area contributed by atoms with E-state index in [4.69, 9.17) is 52.4 Å². The number of aliphatic carboxylic acids is 2. The number of aliphatic hydroxyl groups excluding tert-OH is 8. The first-order chi connectivity index (χ1) is 34.5. The van der Waals surface area contributed by atoms with Crippen LogP contribution in [0.4, 0.5) is 0 Å². The molecular weight excluding hydrogens is 1010 g/mol. The molecule has 14 N–H and O–H groups in total. The van der Waals surface area contributed by atoms with Crippen molar-refractivity contribution in [2.75, 3.05) is 39.5 Å². The van der Waals surface area contributed by atoms with E-state index in [1.165, 1.54) is 0 Å². The lowest BCUT2D eigenvalue weighted by molar-refractivity contribution is -0.231. The summed E-state index contributed by atoms with van der Waals surface area (Å²) in [5.74, 6) is 0.157. The average Bonchev–Trinajstić information content (AvgIpc) is 4.14. The third-order valence-electron chi connectivity index (χ3n) is 12.6. The van der Waals surface area contributed by atoms with Crippen LogP contribution in [-0.4, -0.2) is 169 Å². The number of nitrogens with one attached hydrogen (secondary N) is 2.